The maximum absolute atomic E-state index is 12.2. The molecule has 0 aliphatic carbocycles. The molecule has 0 saturated heterocycles. The number of aromatic nitrogens is 1. The van der Waals surface area contributed by atoms with Gasteiger partial charge in [-0.15, -0.1) is 0 Å². The molecular weight excluding hydrogens is 330 g/mol. The van der Waals surface area contributed by atoms with Crippen LogP contribution >= 0.6 is 0 Å². The number of ketones is 1. The van der Waals surface area contributed by atoms with E-state index in [0.29, 0.717) is 17.0 Å². The molecule has 0 N–H and O–H groups in total. The molecule has 5 nitrogen and oxygen atoms in total. The number of methoxy groups -OCH3 is 1. The van der Waals surface area contributed by atoms with Crippen LogP contribution in [0.1, 0.15) is 16.1 Å². The largest absolute Gasteiger partial charge is 0.496 e. The second-order valence-corrected chi connectivity index (χ2v) is 5.49. The normalized spacial score (nSPS) is 10.8. The van der Waals surface area contributed by atoms with Crippen molar-refractivity contribution >= 4 is 28.7 Å². The van der Waals surface area contributed by atoms with Crippen LogP contribution in [-0.4, -0.2) is 30.5 Å². The van der Waals surface area contributed by atoms with E-state index in [-0.39, 0.29) is 12.4 Å². The van der Waals surface area contributed by atoms with Gasteiger partial charge < -0.3 is 9.47 Å². The predicted octanol–water partition coefficient (Wildman–Crippen LogP) is 3.68. The lowest BCUT2D eigenvalue weighted by molar-refractivity contribution is -0.136. The van der Waals surface area contributed by atoms with Crippen LogP contribution in [0.25, 0.3) is 17.0 Å². The van der Waals surface area contributed by atoms with Crippen LogP contribution < -0.4 is 4.74 Å². The Hall–Kier alpha value is -3.47. The van der Waals surface area contributed by atoms with E-state index >= 15 is 0 Å². The molecule has 0 bridgehead atoms. The highest BCUT2D eigenvalue weighted by molar-refractivity contribution is 6.01. The number of ether oxygens (including phenoxy) is 2. The minimum absolute atomic E-state index is 0.326. The Balaban J connectivity index is 1.61. The predicted molar refractivity (Wildman–Crippen MR) is 99.1 cm³/mol. The average molecular weight is 347 g/mol. The third-order valence-corrected chi connectivity index (χ3v) is 3.76. The molecule has 3 aromatic rings. The second kappa shape index (κ2) is 8.07. The van der Waals surface area contributed by atoms with Gasteiger partial charge in [-0.05, 0) is 30.3 Å². The molecular formula is C21H17NO4. The summed E-state index contributed by atoms with van der Waals surface area (Å²) < 4.78 is 10.1. The fourth-order valence-corrected chi connectivity index (χ4v) is 2.47. The number of benzene rings is 2. The Morgan fingerprint density at radius 3 is 2.62 bits per heavy atom. The minimum Gasteiger partial charge on any atom is -0.496 e. The van der Waals surface area contributed by atoms with Gasteiger partial charge in [0.2, 0.25) is 5.78 Å². The first-order valence-corrected chi connectivity index (χ1v) is 8.04. The van der Waals surface area contributed by atoms with E-state index < -0.39 is 5.97 Å². The number of carbonyl (C=O) groups excluding carboxylic acids is 2. The summed E-state index contributed by atoms with van der Waals surface area (Å²) in [4.78, 5) is 28.4. The Labute approximate surface area is 150 Å². The fourth-order valence-electron chi connectivity index (χ4n) is 2.47. The molecule has 2 aromatic carbocycles. The van der Waals surface area contributed by atoms with Crippen LogP contribution in [0.15, 0.2) is 66.7 Å². The first kappa shape index (κ1) is 17.4. The van der Waals surface area contributed by atoms with Crippen molar-refractivity contribution in [1.29, 1.82) is 0 Å². The lowest BCUT2D eigenvalue weighted by atomic mass is 10.1. The van der Waals surface area contributed by atoms with Gasteiger partial charge >= 0.3 is 5.97 Å². The van der Waals surface area contributed by atoms with Crippen LogP contribution in [0.3, 0.4) is 0 Å². The fraction of sp³-hybridized carbons (Fsp3) is 0.0952. The van der Waals surface area contributed by atoms with Crippen molar-refractivity contribution in [2.24, 2.45) is 0 Å². The van der Waals surface area contributed by atoms with E-state index in [9.17, 15) is 9.59 Å². The van der Waals surface area contributed by atoms with Gasteiger partial charge in [0.1, 0.15) is 5.75 Å². The molecule has 0 saturated carbocycles. The summed E-state index contributed by atoms with van der Waals surface area (Å²) in [5, 5.41) is 1.02. The van der Waals surface area contributed by atoms with Crippen molar-refractivity contribution < 1.29 is 19.1 Å². The summed E-state index contributed by atoms with van der Waals surface area (Å²) in [5.74, 6) is -0.485. The molecule has 1 heterocycles. The molecule has 26 heavy (non-hydrogen) atoms. The zero-order chi connectivity index (χ0) is 18.4. The summed E-state index contributed by atoms with van der Waals surface area (Å²) in [6.07, 6.45) is 2.81. The lowest BCUT2D eigenvalue weighted by Gasteiger charge is -2.07. The van der Waals surface area contributed by atoms with Crippen LogP contribution in [-0.2, 0) is 9.53 Å². The van der Waals surface area contributed by atoms with Gasteiger partial charge in [0.05, 0.1) is 23.9 Å². The van der Waals surface area contributed by atoms with Gasteiger partial charge in [-0.25, -0.2) is 9.78 Å². The van der Waals surface area contributed by atoms with E-state index in [1.165, 1.54) is 13.2 Å². The number of carbonyl (C=O) groups is 2. The Kier molecular flexibility index (Phi) is 5.39. The highest BCUT2D eigenvalue weighted by Crippen LogP contribution is 2.18. The third-order valence-electron chi connectivity index (χ3n) is 3.76. The molecule has 3 rings (SSSR count). The number of para-hydroxylation sites is 2. The van der Waals surface area contributed by atoms with Gasteiger partial charge in [-0.3, -0.25) is 4.79 Å². The molecule has 0 aliphatic heterocycles. The molecule has 1 aromatic heterocycles. The second-order valence-electron chi connectivity index (χ2n) is 5.49. The molecule has 130 valence electrons. The first-order chi connectivity index (χ1) is 12.7. The number of hydrogen-bond donors (Lipinski definition) is 0. The monoisotopic (exact) mass is 347 g/mol. The van der Waals surface area contributed by atoms with E-state index in [4.69, 9.17) is 9.47 Å². The van der Waals surface area contributed by atoms with Gasteiger partial charge in [-0.1, -0.05) is 36.4 Å². The SMILES string of the molecule is COc1ccccc1C(=O)COC(=O)C=Cc1ccc2ccccc2n1. The molecule has 0 amide bonds. The van der Waals surface area contributed by atoms with Crippen molar-refractivity contribution in [3.05, 3.63) is 78.0 Å². The number of rotatable bonds is 6. The molecule has 0 unspecified atom stereocenters. The lowest BCUT2D eigenvalue weighted by Crippen LogP contribution is -2.13. The van der Waals surface area contributed by atoms with Crippen LogP contribution in [0.5, 0.6) is 5.75 Å². The molecule has 0 atom stereocenters. The van der Waals surface area contributed by atoms with Crippen molar-refractivity contribution in [3.8, 4) is 5.75 Å². The number of fused-ring (bicyclic) bond motifs is 1. The third kappa shape index (κ3) is 4.13. The Morgan fingerprint density at radius 2 is 1.77 bits per heavy atom. The summed E-state index contributed by atoms with van der Waals surface area (Å²) in [7, 11) is 1.48. The molecule has 0 radical (unpaired) electrons. The Bertz CT molecular complexity index is 978. The standard InChI is InChI=1S/C21H17NO4/c1-25-20-9-5-3-7-17(20)19(23)14-26-21(24)13-12-16-11-10-15-6-2-4-8-18(15)22-16/h2-13H,14H2,1H3. The summed E-state index contributed by atoms with van der Waals surface area (Å²) in [6.45, 7) is -0.352. The van der Waals surface area contributed by atoms with E-state index in [1.54, 1.807) is 30.3 Å². The smallest absolute Gasteiger partial charge is 0.331 e. The van der Waals surface area contributed by atoms with Crippen LogP contribution in [0.2, 0.25) is 0 Å². The Morgan fingerprint density at radius 1 is 1.00 bits per heavy atom. The number of pyridine rings is 1. The molecule has 0 aliphatic rings. The van der Waals surface area contributed by atoms with Gasteiger partial charge in [-0.2, -0.15) is 0 Å². The number of Topliss-reactive ketones (excluding diaryl/α,β-unsaturated/α-hetero) is 1. The first-order valence-electron chi connectivity index (χ1n) is 8.04. The number of nitrogens with zero attached hydrogens (tertiary/aromatic N) is 1. The molecule has 0 fully saturated rings. The van der Waals surface area contributed by atoms with Crippen molar-refractivity contribution in [1.82, 2.24) is 4.98 Å². The number of esters is 1. The van der Waals surface area contributed by atoms with E-state index in [1.807, 2.05) is 36.4 Å². The van der Waals surface area contributed by atoms with E-state index in [2.05, 4.69) is 4.98 Å². The molecule has 5 heteroatoms. The number of hydrogen-bond acceptors (Lipinski definition) is 5. The van der Waals surface area contributed by atoms with Crippen molar-refractivity contribution in [3.63, 3.8) is 0 Å². The van der Waals surface area contributed by atoms with Crippen molar-refractivity contribution in [2.45, 2.75) is 0 Å². The van der Waals surface area contributed by atoms with Gasteiger partial charge in [0, 0.05) is 11.5 Å². The van der Waals surface area contributed by atoms with Gasteiger partial charge in [0.15, 0.2) is 6.61 Å². The summed E-state index contributed by atoms with van der Waals surface area (Å²) in [6, 6.07) is 18.2. The topological polar surface area (TPSA) is 65.5 Å². The summed E-state index contributed by atoms with van der Waals surface area (Å²) >= 11 is 0. The summed E-state index contributed by atoms with van der Waals surface area (Å²) in [5.41, 5.74) is 1.86. The maximum atomic E-state index is 12.2. The highest BCUT2D eigenvalue weighted by Gasteiger charge is 2.13. The van der Waals surface area contributed by atoms with Crippen molar-refractivity contribution in [2.75, 3.05) is 13.7 Å². The van der Waals surface area contributed by atoms with Crippen LogP contribution in [0, 0.1) is 0 Å². The minimum atomic E-state index is -0.608. The van der Waals surface area contributed by atoms with Crippen LogP contribution in [0.4, 0.5) is 0 Å². The quantitative estimate of drug-likeness (QED) is 0.387. The van der Waals surface area contributed by atoms with Gasteiger partial charge in [0.25, 0.3) is 0 Å². The van der Waals surface area contributed by atoms with E-state index in [0.717, 1.165) is 10.9 Å². The zero-order valence-corrected chi connectivity index (χ0v) is 14.2. The zero-order valence-electron chi connectivity index (χ0n) is 14.2. The average Bonchev–Trinajstić information content (AvgIpc) is 2.70. The highest BCUT2D eigenvalue weighted by atomic mass is 16.5. The maximum Gasteiger partial charge on any atom is 0.331 e. The molecule has 0 spiro atoms.